The maximum absolute atomic E-state index is 12.2. The predicted molar refractivity (Wildman–Crippen MR) is 91.1 cm³/mol. The molecule has 1 fully saturated rings. The van der Waals surface area contributed by atoms with Crippen molar-refractivity contribution in [2.75, 3.05) is 26.7 Å². The minimum atomic E-state index is -0.428. The van der Waals surface area contributed by atoms with Crippen molar-refractivity contribution in [2.45, 2.75) is 45.8 Å². The lowest BCUT2D eigenvalue weighted by Crippen LogP contribution is -2.45. The molecular formula is C18H29N3O2. The topological polar surface area (TPSA) is 45.7 Å². The van der Waals surface area contributed by atoms with Gasteiger partial charge in [0.15, 0.2) is 0 Å². The van der Waals surface area contributed by atoms with Crippen LogP contribution in [0.5, 0.6) is 0 Å². The fraction of sp³-hybridized carbons (Fsp3) is 0.667. The molecule has 0 aromatic carbocycles. The number of pyridine rings is 1. The second kappa shape index (κ2) is 7.77. The van der Waals surface area contributed by atoms with Crippen molar-refractivity contribution < 1.29 is 9.53 Å². The van der Waals surface area contributed by atoms with Gasteiger partial charge in [0.1, 0.15) is 5.60 Å². The van der Waals surface area contributed by atoms with E-state index >= 15 is 0 Å². The van der Waals surface area contributed by atoms with Crippen LogP contribution in [0.15, 0.2) is 24.5 Å². The smallest absolute Gasteiger partial charge is 0.410 e. The third-order valence-corrected chi connectivity index (χ3v) is 3.94. The van der Waals surface area contributed by atoms with Crippen molar-refractivity contribution in [3.63, 3.8) is 0 Å². The zero-order valence-electron chi connectivity index (χ0n) is 14.8. The van der Waals surface area contributed by atoms with E-state index in [2.05, 4.69) is 16.9 Å². The molecule has 1 atom stereocenters. The largest absolute Gasteiger partial charge is 0.444 e. The van der Waals surface area contributed by atoms with Gasteiger partial charge in [-0.05, 0) is 64.3 Å². The fourth-order valence-electron chi connectivity index (χ4n) is 3.01. The van der Waals surface area contributed by atoms with Gasteiger partial charge in [0, 0.05) is 38.6 Å². The molecule has 23 heavy (non-hydrogen) atoms. The maximum atomic E-state index is 12.2. The minimum Gasteiger partial charge on any atom is -0.444 e. The van der Waals surface area contributed by atoms with Crippen molar-refractivity contribution >= 4 is 6.09 Å². The highest BCUT2D eigenvalue weighted by Crippen LogP contribution is 2.20. The van der Waals surface area contributed by atoms with Gasteiger partial charge in [0.2, 0.25) is 0 Å². The lowest BCUT2D eigenvalue weighted by Gasteiger charge is -2.35. The fourth-order valence-corrected chi connectivity index (χ4v) is 3.01. The Morgan fingerprint density at radius 2 is 2.09 bits per heavy atom. The van der Waals surface area contributed by atoms with E-state index in [9.17, 15) is 4.79 Å². The Balaban J connectivity index is 1.82. The molecule has 128 valence electrons. The predicted octanol–water partition coefficient (Wildman–Crippen LogP) is 3.16. The first-order valence-electron chi connectivity index (χ1n) is 8.39. The molecule has 1 aliphatic rings. The van der Waals surface area contributed by atoms with Crippen molar-refractivity contribution in [3.8, 4) is 0 Å². The van der Waals surface area contributed by atoms with Gasteiger partial charge in [-0.15, -0.1) is 0 Å². The minimum absolute atomic E-state index is 0.181. The van der Waals surface area contributed by atoms with Gasteiger partial charge in [-0.25, -0.2) is 4.79 Å². The lowest BCUT2D eigenvalue weighted by molar-refractivity contribution is 0.0148. The molecule has 0 bridgehead atoms. The molecule has 1 saturated heterocycles. The van der Waals surface area contributed by atoms with Crippen molar-refractivity contribution in [2.24, 2.45) is 5.92 Å². The molecule has 2 rings (SSSR count). The number of rotatable bonds is 4. The number of carbonyl (C=O) groups is 1. The summed E-state index contributed by atoms with van der Waals surface area (Å²) < 4.78 is 5.49. The number of ether oxygens (including phenoxy) is 1. The van der Waals surface area contributed by atoms with Crippen LogP contribution in [0.1, 0.15) is 39.2 Å². The van der Waals surface area contributed by atoms with Gasteiger partial charge in [0.05, 0.1) is 0 Å². The Morgan fingerprint density at radius 1 is 1.39 bits per heavy atom. The summed E-state index contributed by atoms with van der Waals surface area (Å²) in [5, 5.41) is 0. The summed E-state index contributed by atoms with van der Waals surface area (Å²) in [6.45, 7) is 9.22. The first-order valence-corrected chi connectivity index (χ1v) is 8.39. The number of hydrogen-bond acceptors (Lipinski definition) is 4. The molecule has 5 nitrogen and oxygen atoms in total. The number of carbonyl (C=O) groups excluding carboxylic acids is 1. The van der Waals surface area contributed by atoms with Gasteiger partial charge in [0.25, 0.3) is 0 Å². The molecular weight excluding hydrogens is 290 g/mol. The number of likely N-dealkylation sites (tertiary alicyclic amines) is 1. The summed E-state index contributed by atoms with van der Waals surface area (Å²) in [5.74, 6) is 0.503. The van der Waals surface area contributed by atoms with E-state index in [1.54, 1.807) is 0 Å². The van der Waals surface area contributed by atoms with Crippen LogP contribution in [-0.4, -0.2) is 53.2 Å². The third kappa shape index (κ3) is 6.18. The molecule has 1 aromatic rings. The van der Waals surface area contributed by atoms with E-state index in [-0.39, 0.29) is 6.09 Å². The first kappa shape index (κ1) is 17.7. The highest BCUT2D eigenvalue weighted by atomic mass is 16.6. The Hall–Kier alpha value is -1.62. The third-order valence-electron chi connectivity index (χ3n) is 3.94. The Bertz CT molecular complexity index is 499. The van der Waals surface area contributed by atoms with E-state index < -0.39 is 5.60 Å². The molecule has 0 aliphatic carbocycles. The molecule has 1 amide bonds. The SMILES string of the molecule is CN(Cc1ccncc1)C[C@H]1CCCN(C(=O)OC(C)(C)C)C1. The van der Waals surface area contributed by atoms with Crippen molar-refractivity contribution in [3.05, 3.63) is 30.1 Å². The molecule has 2 heterocycles. The molecule has 5 heteroatoms. The van der Waals surface area contributed by atoms with Crippen LogP contribution < -0.4 is 0 Å². The average Bonchev–Trinajstić information content (AvgIpc) is 2.46. The van der Waals surface area contributed by atoms with Crippen molar-refractivity contribution in [1.29, 1.82) is 0 Å². The van der Waals surface area contributed by atoms with Gasteiger partial charge < -0.3 is 14.5 Å². The zero-order chi connectivity index (χ0) is 16.9. The summed E-state index contributed by atoms with van der Waals surface area (Å²) in [6.07, 6.45) is 5.69. The van der Waals surface area contributed by atoms with E-state index in [0.29, 0.717) is 5.92 Å². The van der Waals surface area contributed by atoms with Crippen LogP contribution in [-0.2, 0) is 11.3 Å². The standard InChI is InChI=1S/C18H29N3O2/c1-18(2,3)23-17(22)21-11-5-6-16(14-21)13-20(4)12-15-7-9-19-10-8-15/h7-10,16H,5-6,11-14H2,1-4H3/t16-/m1/s1. The average molecular weight is 319 g/mol. The Morgan fingerprint density at radius 3 is 2.74 bits per heavy atom. The monoisotopic (exact) mass is 319 g/mol. The molecule has 0 spiro atoms. The molecule has 0 unspecified atom stereocenters. The molecule has 0 saturated carbocycles. The maximum Gasteiger partial charge on any atom is 0.410 e. The van der Waals surface area contributed by atoms with Crippen LogP contribution in [0.25, 0.3) is 0 Å². The van der Waals surface area contributed by atoms with E-state index in [1.807, 2.05) is 50.2 Å². The normalized spacial score (nSPS) is 19.0. The van der Waals surface area contributed by atoms with E-state index in [1.165, 1.54) is 12.0 Å². The molecule has 1 aromatic heterocycles. The highest BCUT2D eigenvalue weighted by Gasteiger charge is 2.28. The second-order valence-corrected chi connectivity index (χ2v) is 7.49. The molecule has 0 radical (unpaired) electrons. The highest BCUT2D eigenvalue weighted by molar-refractivity contribution is 5.68. The zero-order valence-corrected chi connectivity index (χ0v) is 14.8. The summed E-state index contributed by atoms with van der Waals surface area (Å²) in [7, 11) is 2.13. The van der Waals surface area contributed by atoms with Gasteiger partial charge in [-0.3, -0.25) is 4.98 Å². The van der Waals surface area contributed by atoms with Gasteiger partial charge in [-0.2, -0.15) is 0 Å². The van der Waals surface area contributed by atoms with Crippen LogP contribution >= 0.6 is 0 Å². The van der Waals surface area contributed by atoms with Gasteiger partial charge in [-0.1, -0.05) is 0 Å². The van der Waals surface area contributed by atoms with E-state index in [0.717, 1.165) is 32.6 Å². The Labute approximate surface area is 139 Å². The van der Waals surface area contributed by atoms with Crippen molar-refractivity contribution in [1.82, 2.24) is 14.8 Å². The summed E-state index contributed by atoms with van der Waals surface area (Å²) in [5.41, 5.74) is 0.838. The Kier molecular flexibility index (Phi) is 5.99. The number of piperidine rings is 1. The van der Waals surface area contributed by atoms with Crippen LogP contribution in [0, 0.1) is 5.92 Å². The molecule has 0 N–H and O–H groups in total. The van der Waals surface area contributed by atoms with Crippen LogP contribution in [0.3, 0.4) is 0 Å². The summed E-state index contributed by atoms with van der Waals surface area (Å²) >= 11 is 0. The first-order chi connectivity index (χ1) is 10.8. The number of aromatic nitrogens is 1. The quantitative estimate of drug-likeness (QED) is 0.855. The summed E-state index contributed by atoms with van der Waals surface area (Å²) in [6, 6.07) is 4.09. The number of nitrogens with zero attached hydrogens (tertiary/aromatic N) is 3. The number of hydrogen-bond donors (Lipinski definition) is 0. The van der Waals surface area contributed by atoms with E-state index in [4.69, 9.17) is 4.74 Å². The van der Waals surface area contributed by atoms with Crippen LogP contribution in [0.2, 0.25) is 0 Å². The second-order valence-electron chi connectivity index (χ2n) is 7.49. The lowest BCUT2D eigenvalue weighted by atomic mass is 9.97. The summed E-state index contributed by atoms with van der Waals surface area (Å²) in [4.78, 5) is 20.4. The van der Waals surface area contributed by atoms with Crippen LogP contribution in [0.4, 0.5) is 4.79 Å². The number of amides is 1. The van der Waals surface area contributed by atoms with Gasteiger partial charge >= 0.3 is 6.09 Å². The molecule has 1 aliphatic heterocycles.